The highest BCUT2D eigenvalue weighted by Gasteiger charge is 2.34. The average Bonchev–Trinajstić information content (AvgIpc) is 2.92. The molecule has 1 aliphatic rings. The topological polar surface area (TPSA) is 74.2 Å². The van der Waals surface area contributed by atoms with Gasteiger partial charge >= 0.3 is 0 Å². The summed E-state index contributed by atoms with van der Waals surface area (Å²) in [5, 5.41) is 4.09. The number of nitrogens with two attached hydrogens (primary N) is 1. The molecule has 112 valence electrons. The maximum atomic E-state index is 6.50. The smallest absolute Gasteiger partial charge is 0.247 e. The fourth-order valence-electron chi connectivity index (χ4n) is 2.86. The van der Waals surface area contributed by atoms with Gasteiger partial charge in [0.05, 0.1) is 12.6 Å². The van der Waals surface area contributed by atoms with Gasteiger partial charge < -0.3 is 15.0 Å². The first-order valence-electron chi connectivity index (χ1n) is 7.49. The van der Waals surface area contributed by atoms with Crippen molar-refractivity contribution in [1.29, 1.82) is 0 Å². The van der Waals surface area contributed by atoms with E-state index in [4.69, 9.17) is 15.0 Å². The Kier molecular flexibility index (Phi) is 3.92. The second kappa shape index (κ2) is 5.85. The monoisotopic (exact) mass is 287 g/mol. The lowest BCUT2D eigenvalue weighted by molar-refractivity contribution is 0.257. The molecule has 0 amide bonds. The molecular weight excluding hydrogens is 266 g/mol. The lowest BCUT2D eigenvalue weighted by Gasteiger charge is -2.22. The Balaban J connectivity index is 1.84. The van der Waals surface area contributed by atoms with E-state index in [0.717, 1.165) is 37.0 Å². The summed E-state index contributed by atoms with van der Waals surface area (Å²) in [7, 11) is 1.64. The molecule has 1 aliphatic carbocycles. The summed E-state index contributed by atoms with van der Waals surface area (Å²) in [5.41, 5.74) is 6.94. The third-order valence-corrected chi connectivity index (χ3v) is 4.20. The molecule has 1 fully saturated rings. The van der Waals surface area contributed by atoms with Crippen molar-refractivity contribution in [3.05, 3.63) is 30.2 Å². The van der Waals surface area contributed by atoms with Crippen molar-refractivity contribution in [2.45, 2.75) is 44.1 Å². The molecule has 0 bridgehead atoms. The van der Waals surface area contributed by atoms with Gasteiger partial charge in [-0.15, -0.1) is 0 Å². The first-order chi connectivity index (χ1) is 10.2. The second-order valence-corrected chi connectivity index (χ2v) is 5.72. The molecule has 5 nitrogen and oxygen atoms in total. The van der Waals surface area contributed by atoms with Gasteiger partial charge in [0.1, 0.15) is 5.75 Å². The van der Waals surface area contributed by atoms with Crippen molar-refractivity contribution >= 4 is 0 Å². The number of ether oxygens (including phenoxy) is 1. The minimum Gasteiger partial charge on any atom is -0.497 e. The highest BCUT2D eigenvalue weighted by atomic mass is 16.5. The third kappa shape index (κ3) is 2.93. The van der Waals surface area contributed by atoms with Gasteiger partial charge in [-0.2, -0.15) is 4.98 Å². The largest absolute Gasteiger partial charge is 0.497 e. The molecule has 0 unspecified atom stereocenters. The highest BCUT2D eigenvalue weighted by molar-refractivity contribution is 5.55. The molecule has 0 spiro atoms. The highest BCUT2D eigenvalue weighted by Crippen LogP contribution is 2.33. The summed E-state index contributed by atoms with van der Waals surface area (Å²) in [6.07, 6.45) is 6.54. The predicted molar refractivity (Wildman–Crippen MR) is 79.9 cm³/mol. The fraction of sp³-hybridized carbons (Fsp3) is 0.500. The lowest BCUT2D eigenvalue weighted by Crippen LogP contribution is -2.36. The summed E-state index contributed by atoms with van der Waals surface area (Å²) in [6.45, 7) is 0. The minimum atomic E-state index is -0.464. The molecule has 0 saturated heterocycles. The van der Waals surface area contributed by atoms with Crippen LogP contribution in [-0.2, 0) is 5.54 Å². The number of aromatic nitrogens is 2. The normalized spacial score (nSPS) is 18.2. The van der Waals surface area contributed by atoms with Crippen LogP contribution in [0, 0.1) is 0 Å². The van der Waals surface area contributed by atoms with E-state index in [0.29, 0.717) is 11.7 Å². The van der Waals surface area contributed by atoms with Crippen molar-refractivity contribution in [2.75, 3.05) is 7.11 Å². The Morgan fingerprint density at radius 2 is 1.76 bits per heavy atom. The van der Waals surface area contributed by atoms with E-state index >= 15 is 0 Å². The summed E-state index contributed by atoms with van der Waals surface area (Å²) < 4.78 is 10.6. The first-order valence-corrected chi connectivity index (χ1v) is 7.49. The zero-order chi connectivity index (χ0) is 14.7. The van der Waals surface area contributed by atoms with Crippen LogP contribution in [0.4, 0.5) is 0 Å². The molecule has 0 aliphatic heterocycles. The van der Waals surface area contributed by atoms with Gasteiger partial charge in [0.2, 0.25) is 11.7 Å². The number of methoxy groups -OCH3 is 1. The van der Waals surface area contributed by atoms with Gasteiger partial charge in [0.25, 0.3) is 0 Å². The van der Waals surface area contributed by atoms with Crippen molar-refractivity contribution in [3.8, 4) is 17.1 Å². The SMILES string of the molecule is COc1ccc(-c2noc(C3(N)CCCCCC3)n2)cc1. The summed E-state index contributed by atoms with van der Waals surface area (Å²) >= 11 is 0. The third-order valence-electron chi connectivity index (χ3n) is 4.20. The van der Waals surface area contributed by atoms with Gasteiger partial charge in [-0.05, 0) is 37.1 Å². The molecule has 5 heteroatoms. The standard InChI is InChI=1S/C16H21N3O2/c1-20-13-8-6-12(7-9-13)14-18-15(21-19-14)16(17)10-4-2-3-5-11-16/h6-9H,2-5,10-11,17H2,1H3. The van der Waals surface area contributed by atoms with Crippen molar-refractivity contribution < 1.29 is 9.26 Å². The molecular formula is C16H21N3O2. The van der Waals surface area contributed by atoms with Gasteiger partial charge in [-0.1, -0.05) is 30.8 Å². The van der Waals surface area contributed by atoms with Crippen LogP contribution >= 0.6 is 0 Å². The zero-order valence-corrected chi connectivity index (χ0v) is 12.3. The molecule has 1 heterocycles. The van der Waals surface area contributed by atoms with E-state index in [9.17, 15) is 0 Å². The van der Waals surface area contributed by atoms with E-state index in [1.807, 2.05) is 24.3 Å². The van der Waals surface area contributed by atoms with E-state index in [1.165, 1.54) is 12.8 Å². The van der Waals surface area contributed by atoms with E-state index in [-0.39, 0.29) is 0 Å². The Labute approximate surface area is 124 Å². The van der Waals surface area contributed by atoms with Crippen LogP contribution in [0.15, 0.2) is 28.8 Å². The Morgan fingerprint density at radius 1 is 1.10 bits per heavy atom. The Hall–Kier alpha value is -1.88. The Morgan fingerprint density at radius 3 is 2.38 bits per heavy atom. The van der Waals surface area contributed by atoms with E-state index in [2.05, 4.69) is 10.1 Å². The molecule has 1 aromatic heterocycles. The van der Waals surface area contributed by atoms with Crippen LogP contribution in [0.1, 0.15) is 44.4 Å². The average molecular weight is 287 g/mol. The van der Waals surface area contributed by atoms with Gasteiger partial charge in [-0.3, -0.25) is 0 Å². The van der Waals surface area contributed by atoms with Gasteiger partial charge in [-0.25, -0.2) is 0 Å². The maximum absolute atomic E-state index is 6.50. The van der Waals surface area contributed by atoms with Crippen molar-refractivity contribution in [3.63, 3.8) is 0 Å². The minimum absolute atomic E-state index is 0.464. The quantitative estimate of drug-likeness (QED) is 0.877. The number of hydrogen-bond donors (Lipinski definition) is 1. The number of rotatable bonds is 3. The number of hydrogen-bond acceptors (Lipinski definition) is 5. The molecule has 1 saturated carbocycles. The maximum Gasteiger partial charge on any atom is 0.247 e. The van der Waals surface area contributed by atoms with E-state index < -0.39 is 5.54 Å². The summed E-state index contributed by atoms with van der Waals surface area (Å²) in [5.74, 6) is 1.96. The predicted octanol–water partition coefficient (Wildman–Crippen LogP) is 3.25. The van der Waals surface area contributed by atoms with Crippen LogP contribution in [0.5, 0.6) is 5.75 Å². The van der Waals surface area contributed by atoms with Crippen LogP contribution in [0.3, 0.4) is 0 Å². The molecule has 3 rings (SSSR count). The number of benzene rings is 1. The molecule has 0 atom stereocenters. The lowest BCUT2D eigenvalue weighted by atomic mass is 9.91. The molecule has 0 radical (unpaired) electrons. The van der Waals surface area contributed by atoms with Crippen LogP contribution in [-0.4, -0.2) is 17.3 Å². The molecule has 1 aromatic carbocycles. The van der Waals surface area contributed by atoms with Crippen LogP contribution in [0.2, 0.25) is 0 Å². The van der Waals surface area contributed by atoms with Crippen LogP contribution in [0.25, 0.3) is 11.4 Å². The van der Waals surface area contributed by atoms with Crippen LogP contribution < -0.4 is 10.5 Å². The van der Waals surface area contributed by atoms with Gasteiger partial charge in [0.15, 0.2) is 0 Å². The first kappa shape index (κ1) is 14.1. The number of nitrogens with zero attached hydrogens (tertiary/aromatic N) is 2. The zero-order valence-electron chi connectivity index (χ0n) is 12.3. The second-order valence-electron chi connectivity index (χ2n) is 5.72. The Bertz CT molecular complexity index is 584. The van der Waals surface area contributed by atoms with Gasteiger partial charge in [0, 0.05) is 5.56 Å². The summed E-state index contributed by atoms with van der Waals surface area (Å²) in [6, 6.07) is 7.61. The molecule has 2 N–H and O–H groups in total. The van der Waals surface area contributed by atoms with E-state index in [1.54, 1.807) is 7.11 Å². The molecule has 2 aromatic rings. The fourth-order valence-corrected chi connectivity index (χ4v) is 2.86. The van der Waals surface area contributed by atoms with Crippen molar-refractivity contribution in [1.82, 2.24) is 10.1 Å². The summed E-state index contributed by atoms with van der Waals surface area (Å²) in [4.78, 5) is 4.53. The molecule has 21 heavy (non-hydrogen) atoms. The van der Waals surface area contributed by atoms with Crippen molar-refractivity contribution in [2.24, 2.45) is 5.73 Å².